The minimum absolute atomic E-state index is 0.0212. The van der Waals surface area contributed by atoms with Crippen LogP contribution >= 0.6 is 11.3 Å². The van der Waals surface area contributed by atoms with Gasteiger partial charge in [-0.25, -0.2) is 0 Å². The maximum absolute atomic E-state index is 6.30. The van der Waals surface area contributed by atoms with E-state index in [9.17, 15) is 0 Å². The summed E-state index contributed by atoms with van der Waals surface area (Å²) in [6.45, 7) is 14.4. The predicted molar refractivity (Wildman–Crippen MR) is 87.4 cm³/mol. The van der Waals surface area contributed by atoms with Crippen molar-refractivity contribution in [2.45, 2.75) is 71.6 Å². The van der Waals surface area contributed by atoms with Crippen molar-refractivity contribution in [2.75, 3.05) is 6.54 Å². The Kier molecular flexibility index (Phi) is 4.63. The zero-order valence-corrected chi connectivity index (χ0v) is 14.6. The molecule has 0 aliphatic carbocycles. The highest BCUT2D eigenvalue weighted by Crippen LogP contribution is 2.48. The molecule has 1 aliphatic rings. The molecule has 2 rings (SSSR count). The van der Waals surface area contributed by atoms with Crippen LogP contribution in [0.2, 0.25) is 0 Å². The third kappa shape index (κ3) is 3.44. The Morgan fingerprint density at radius 2 is 2.05 bits per heavy atom. The molecule has 1 aliphatic heterocycles. The van der Waals surface area contributed by atoms with E-state index in [1.165, 1.54) is 9.75 Å². The molecule has 0 radical (unpaired) electrons. The summed E-state index contributed by atoms with van der Waals surface area (Å²) in [6, 6.07) is 4.92. The van der Waals surface area contributed by atoms with Crippen molar-refractivity contribution in [3.05, 3.63) is 21.9 Å². The summed E-state index contributed by atoms with van der Waals surface area (Å²) in [5.41, 5.74) is -0.0978. The van der Waals surface area contributed by atoms with Crippen LogP contribution < -0.4 is 5.32 Å². The zero-order chi connectivity index (χ0) is 15.0. The lowest BCUT2D eigenvalue weighted by Crippen LogP contribution is -2.38. The zero-order valence-electron chi connectivity index (χ0n) is 13.7. The number of hydrogen-bond donors (Lipinski definition) is 1. The molecule has 1 saturated heterocycles. The highest BCUT2D eigenvalue weighted by molar-refractivity contribution is 7.12. The van der Waals surface area contributed by atoms with Crippen molar-refractivity contribution >= 4 is 11.3 Å². The fourth-order valence-corrected chi connectivity index (χ4v) is 4.50. The Morgan fingerprint density at radius 3 is 2.50 bits per heavy atom. The normalized spacial score (nSPS) is 25.8. The predicted octanol–water partition coefficient (Wildman–Crippen LogP) is 4.69. The number of hydrogen-bond acceptors (Lipinski definition) is 3. The summed E-state index contributed by atoms with van der Waals surface area (Å²) in [4.78, 5) is 2.84. The third-order valence-electron chi connectivity index (χ3n) is 4.23. The van der Waals surface area contributed by atoms with Crippen molar-refractivity contribution in [1.82, 2.24) is 5.32 Å². The second-order valence-corrected chi connectivity index (χ2v) is 8.48. The molecule has 0 spiro atoms. The molecule has 3 heteroatoms. The van der Waals surface area contributed by atoms with Crippen molar-refractivity contribution in [1.29, 1.82) is 0 Å². The van der Waals surface area contributed by atoms with Crippen LogP contribution in [-0.4, -0.2) is 17.7 Å². The van der Waals surface area contributed by atoms with Crippen molar-refractivity contribution < 1.29 is 4.74 Å². The van der Waals surface area contributed by atoms with Gasteiger partial charge in [0.1, 0.15) is 0 Å². The molecule has 0 amide bonds. The Labute approximate surface area is 127 Å². The van der Waals surface area contributed by atoms with Crippen molar-refractivity contribution in [3.8, 4) is 0 Å². The highest BCUT2D eigenvalue weighted by Gasteiger charge is 2.49. The first-order valence-electron chi connectivity index (χ1n) is 7.75. The Bertz CT molecular complexity index is 450. The maximum atomic E-state index is 6.30. The fourth-order valence-electron chi connectivity index (χ4n) is 3.49. The average Bonchev–Trinajstić information content (AvgIpc) is 2.81. The van der Waals surface area contributed by atoms with Gasteiger partial charge >= 0.3 is 0 Å². The lowest BCUT2D eigenvalue weighted by Gasteiger charge is -2.33. The van der Waals surface area contributed by atoms with Gasteiger partial charge in [0.15, 0.2) is 0 Å². The molecule has 2 heterocycles. The van der Waals surface area contributed by atoms with Crippen LogP contribution in [0.3, 0.4) is 0 Å². The van der Waals surface area contributed by atoms with E-state index < -0.39 is 0 Å². The summed E-state index contributed by atoms with van der Waals surface area (Å²) in [6.07, 6.45) is 2.27. The SMILES string of the molecule is CCCNC(c1ccc(C)s1)C1CC(C)(C)OC1(C)C. The van der Waals surface area contributed by atoms with E-state index in [-0.39, 0.29) is 11.2 Å². The monoisotopic (exact) mass is 295 g/mol. The van der Waals surface area contributed by atoms with Crippen molar-refractivity contribution in [3.63, 3.8) is 0 Å². The van der Waals surface area contributed by atoms with Gasteiger partial charge in [0, 0.05) is 21.7 Å². The number of ether oxygens (including phenoxy) is 1. The van der Waals surface area contributed by atoms with Crippen LogP contribution in [0.5, 0.6) is 0 Å². The van der Waals surface area contributed by atoms with E-state index in [1.807, 2.05) is 11.3 Å². The largest absolute Gasteiger partial charge is 0.369 e. The highest BCUT2D eigenvalue weighted by atomic mass is 32.1. The molecule has 2 nitrogen and oxygen atoms in total. The molecule has 0 aromatic carbocycles. The van der Waals surface area contributed by atoms with E-state index in [2.05, 4.69) is 59.0 Å². The first kappa shape index (κ1) is 16.0. The van der Waals surface area contributed by atoms with Gasteiger partial charge in [0.2, 0.25) is 0 Å². The van der Waals surface area contributed by atoms with Crippen LogP contribution in [0.1, 0.15) is 63.3 Å². The summed E-state index contributed by atoms with van der Waals surface area (Å²) >= 11 is 1.92. The van der Waals surface area contributed by atoms with Gasteiger partial charge in [-0.15, -0.1) is 11.3 Å². The van der Waals surface area contributed by atoms with Gasteiger partial charge in [-0.3, -0.25) is 0 Å². The molecule has 1 aromatic heterocycles. The first-order chi connectivity index (χ1) is 9.25. The number of aryl methyl sites for hydroxylation is 1. The third-order valence-corrected chi connectivity index (χ3v) is 5.31. The Morgan fingerprint density at radius 1 is 1.35 bits per heavy atom. The molecule has 114 valence electrons. The molecular formula is C17H29NOS. The number of thiophene rings is 1. The van der Waals surface area contributed by atoms with Crippen molar-refractivity contribution in [2.24, 2.45) is 5.92 Å². The summed E-state index contributed by atoms with van der Waals surface area (Å²) in [5.74, 6) is 0.516. The van der Waals surface area contributed by atoms with E-state index >= 15 is 0 Å². The molecule has 2 atom stereocenters. The molecule has 1 N–H and O–H groups in total. The van der Waals surface area contributed by atoms with Crippen LogP contribution in [0, 0.1) is 12.8 Å². The van der Waals surface area contributed by atoms with Gasteiger partial charge in [-0.1, -0.05) is 6.92 Å². The molecule has 2 unspecified atom stereocenters. The van der Waals surface area contributed by atoms with Crippen LogP contribution in [0.4, 0.5) is 0 Å². The second kappa shape index (κ2) is 5.78. The smallest absolute Gasteiger partial charge is 0.0681 e. The van der Waals surface area contributed by atoms with Gasteiger partial charge in [0.05, 0.1) is 11.2 Å². The van der Waals surface area contributed by atoms with E-state index in [1.54, 1.807) is 0 Å². The van der Waals surface area contributed by atoms with Gasteiger partial charge in [-0.2, -0.15) is 0 Å². The topological polar surface area (TPSA) is 21.3 Å². The lowest BCUT2D eigenvalue weighted by molar-refractivity contribution is -0.0777. The minimum Gasteiger partial charge on any atom is -0.369 e. The molecule has 20 heavy (non-hydrogen) atoms. The standard InChI is InChI=1S/C17H29NOS/c1-7-10-18-15(14-9-8-12(2)20-14)13-11-16(3,4)19-17(13,5)6/h8-9,13,15,18H,7,10-11H2,1-6H3. The van der Waals surface area contributed by atoms with E-state index in [0.717, 1.165) is 19.4 Å². The average molecular weight is 295 g/mol. The molecule has 0 bridgehead atoms. The van der Waals surface area contributed by atoms with Gasteiger partial charge in [-0.05, 0) is 66.1 Å². The lowest BCUT2D eigenvalue weighted by atomic mass is 9.81. The Hall–Kier alpha value is -0.380. The molecule has 1 fully saturated rings. The number of nitrogens with one attached hydrogen (secondary N) is 1. The summed E-state index contributed by atoms with van der Waals surface area (Å²) in [7, 11) is 0. The first-order valence-corrected chi connectivity index (χ1v) is 8.57. The summed E-state index contributed by atoms with van der Waals surface area (Å²) < 4.78 is 6.30. The summed E-state index contributed by atoms with van der Waals surface area (Å²) in [5, 5.41) is 3.76. The molecule has 0 saturated carbocycles. The number of rotatable bonds is 5. The van der Waals surface area contributed by atoms with Gasteiger partial charge < -0.3 is 10.1 Å². The van der Waals surface area contributed by atoms with Crippen LogP contribution in [0.25, 0.3) is 0 Å². The minimum atomic E-state index is -0.0766. The second-order valence-electron chi connectivity index (χ2n) is 7.16. The van der Waals surface area contributed by atoms with E-state index in [0.29, 0.717) is 12.0 Å². The van der Waals surface area contributed by atoms with Crippen LogP contribution in [0.15, 0.2) is 12.1 Å². The van der Waals surface area contributed by atoms with E-state index in [4.69, 9.17) is 4.74 Å². The van der Waals surface area contributed by atoms with Gasteiger partial charge in [0.25, 0.3) is 0 Å². The molecule has 1 aromatic rings. The van der Waals surface area contributed by atoms with Crippen LogP contribution in [-0.2, 0) is 4.74 Å². The quantitative estimate of drug-likeness (QED) is 0.851. The Balaban J connectivity index is 2.27. The maximum Gasteiger partial charge on any atom is 0.0681 e. The fraction of sp³-hybridized carbons (Fsp3) is 0.765. The molecular weight excluding hydrogens is 266 g/mol.